The van der Waals surface area contributed by atoms with E-state index in [-0.39, 0.29) is 18.9 Å². The minimum Gasteiger partial charge on any atom is -0.465 e. The van der Waals surface area contributed by atoms with Crippen LogP contribution in [-0.4, -0.2) is 94.5 Å². The van der Waals surface area contributed by atoms with Crippen LogP contribution in [0.4, 0.5) is 10.6 Å². The minimum atomic E-state index is -1.04. The van der Waals surface area contributed by atoms with E-state index in [0.29, 0.717) is 66.3 Å². The Hall–Kier alpha value is -2.66. The molecule has 2 aromatic rings. The van der Waals surface area contributed by atoms with E-state index >= 15 is 0 Å². The number of nitrogens with zero attached hydrogens (tertiary/aromatic N) is 4. The molecule has 3 heterocycles. The predicted molar refractivity (Wildman–Crippen MR) is 154 cm³/mol. The van der Waals surface area contributed by atoms with E-state index in [0.717, 1.165) is 24.3 Å². The van der Waals surface area contributed by atoms with Crippen LogP contribution >= 0.6 is 23.2 Å². The van der Waals surface area contributed by atoms with Crippen LogP contribution in [0.2, 0.25) is 10.0 Å². The van der Waals surface area contributed by atoms with E-state index in [2.05, 4.69) is 10.2 Å². The number of carboxylic acid groups (broad SMARTS) is 1. The molecule has 10 nitrogen and oxygen atoms in total. The molecule has 2 fully saturated rings. The Bertz CT molecular complexity index is 1210. The second-order valence-electron chi connectivity index (χ2n) is 9.94. The third kappa shape index (κ3) is 6.97. The Morgan fingerprint density at radius 2 is 1.85 bits per heavy atom. The summed E-state index contributed by atoms with van der Waals surface area (Å²) >= 11 is 12.6. The van der Waals surface area contributed by atoms with Gasteiger partial charge in [0, 0.05) is 36.6 Å². The van der Waals surface area contributed by atoms with Crippen LogP contribution in [0.3, 0.4) is 0 Å². The van der Waals surface area contributed by atoms with Gasteiger partial charge in [0.25, 0.3) is 0 Å². The quantitative estimate of drug-likeness (QED) is 0.376. The number of morpholine rings is 1. The minimum absolute atomic E-state index is 0.0838. The maximum absolute atomic E-state index is 12.3. The lowest BCUT2D eigenvalue weighted by atomic mass is 10.0. The number of amides is 1. The molecule has 2 N–H and O–H groups in total. The Kier molecular flexibility index (Phi) is 10.5. The van der Waals surface area contributed by atoms with Crippen LogP contribution in [-0.2, 0) is 27.1 Å². The summed E-state index contributed by atoms with van der Waals surface area (Å²) in [5.74, 6) is 0.180. The topological polar surface area (TPSA) is 117 Å². The molecular formula is C28H37Cl2N5O5. The summed E-state index contributed by atoms with van der Waals surface area (Å²) in [5.41, 5.74) is 2.87. The van der Waals surface area contributed by atoms with Gasteiger partial charge >= 0.3 is 12.1 Å². The number of ether oxygens (including phenoxy) is 2. The van der Waals surface area contributed by atoms with Gasteiger partial charge in [0.05, 0.1) is 53.9 Å². The van der Waals surface area contributed by atoms with Crippen LogP contribution in [0.25, 0.3) is 11.3 Å². The van der Waals surface area contributed by atoms with Crippen LogP contribution < -0.4 is 5.32 Å². The van der Waals surface area contributed by atoms with Crippen LogP contribution in [0.15, 0.2) is 18.2 Å². The molecule has 2 aliphatic rings. The summed E-state index contributed by atoms with van der Waals surface area (Å²) in [6, 6.07) is 4.36. The molecule has 0 radical (unpaired) electrons. The molecule has 3 atom stereocenters. The van der Waals surface area contributed by atoms with Crippen LogP contribution in [0, 0.1) is 0 Å². The second kappa shape index (κ2) is 13.8. The van der Waals surface area contributed by atoms with E-state index in [4.69, 9.17) is 42.6 Å². The zero-order valence-electron chi connectivity index (χ0n) is 23.2. The van der Waals surface area contributed by atoms with Crippen molar-refractivity contribution in [2.24, 2.45) is 0 Å². The number of anilines is 1. The number of hydrogen-bond donors (Lipinski definition) is 2. The Morgan fingerprint density at radius 1 is 1.12 bits per heavy atom. The number of hydrogen-bond acceptors (Lipinski definition) is 8. The zero-order chi connectivity index (χ0) is 28.8. The molecule has 2 aliphatic heterocycles. The van der Waals surface area contributed by atoms with E-state index in [1.165, 1.54) is 4.90 Å². The standard InChI is InChI=1S/C28H37Cl2N5O5/c1-4-20-25(18-8-7-17(29)15-19(18)30)31-21(5-2)27(32-20)33-26-22(9-10-34-11-13-39-14-12-34)35(28(37)38)16-23(26)40-24(36)6-3/h7-8,15,22-23,26H,4-6,9-14,16H2,1-3H3,(H,32,33)(H,37,38)/t22?,23-,26+/m0/s1. The molecule has 40 heavy (non-hydrogen) atoms. The number of aryl methyl sites for hydroxylation is 2. The Labute approximate surface area is 245 Å². The molecule has 1 amide bonds. The van der Waals surface area contributed by atoms with Crippen molar-refractivity contribution in [3.8, 4) is 11.3 Å². The summed E-state index contributed by atoms with van der Waals surface area (Å²) in [4.78, 5) is 38.2. The first kappa shape index (κ1) is 30.3. The number of halogens is 2. The maximum Gasteiger partial charge on any atom is 0.407 e. The van der Waals surface area contributed by atoms with Crippen molar-refractivity contribution in [3.63, 3.8) is 0 Å². The van der Waals surface area contributed by atoms with Crippen LogP contribution in [0.5, 0.6) is 0 Å². The van der Waals surface area contributed by atoms with Crippen molar-refractivity contribution in [1.82, 2.24) is 19.8 Å². The van der Waals surface area contributed by atoms with Crippen molar-refractivity contribution in [1.29, 1.82) is 0 Å². The molecule has 4 rings (SSSR count). The maximum atomic E-state index is 12.3. The Morgan fingerprint density at radius 3 is 2.48 bits per heavy atom. The third-order valence-electron chi connectivity index (χ3n) is 7.45. The lowest BCUT2D eigenvalue weighted by molar-refractivity contribution is -0.148. The van der Waals surface area contributed by atoms with Gasteiger partial charge in [0.2, 0.25) is 0 Å². The summed E-state index contributed by atoms with van der Waals surface area (Å²) in [6.45, 7) is 9.39. The van der Waals surface area contributed by atoms with Gasteiger partial charge in [-0.25, -0.2) is 14.8 Å². The highest BCUT2D eigenvalue weighted by Crippen LogP contribution is 2.34. The van der Waals surface area contributed by atoms with Gasteiger partial charge in [-0.15, -0.1) is 0 Å². The van der Waals surface area contributed by atoms with Crippen molar-refractivity contribution in [2.75, 3.05) is 44.7 Å². The van der Waals surface area contributed by atoms with Crippen molar-refractivity contribution in [3.05, 3.63) is 39.6 Å². The number of carbonyl (C=O) groups is 2. The molecule has 12 heteroatoms. The number of nitrogens with one attached hydrogen (secondary N) is 1. The molecular weight excluding hydrogens is 557 g/mol. The fourth-order valence-electron chi connectivity index (χ4n) is 5.30. The number of aromatic nitrogens is 2. The lowest BCUT2D eigenvalue weighted by Crippen LogP contribution is -2.47. The van der Waals surface area contributed by atoms with E-state index in [9.17, 15) is 14.7 Å². The van der Waals surface area contributed by atoms with Gasteiger partial charge in [-0.1, -0.05) is 44.0 Å². The Balaban J connectivity index is 1.69. The molecule has 0 bridgehead atoms. The van der Waals surface area contributed by atoms with Gasteiger partial charge < -0.3 is 19.9 Å². The average molecular weight is 595 g/mol. The number of carbonyl (C=O) groups excluding carboxylic acids is 1. The molecule has 1 unspecified atom stereocenters. The van der Waals surface area contributed by atoms with Crippen molar-refractivity contribution >= 4 is 41.1 Å². The normalized spacial score (nSPS) is 21.4. The molecule has 1 aromatic heterocycles. The molecule has 0 spiro atoms. The highest BCUT2D eigenvalue weighted by molar-refractivity contribution is 6.36. The van der Waals surface area contributed by atoms with E-state index < -0.39 is 24.3 Å². The first-order valence-corrected chi connectivity index (χ1v) is 14.6. The molecule has 1 aromatic carbocycles. The van der Waals surface area contributed by atoms with E-state index in [1.807, 2.05) is 19.9 Å². The SMILES string of the molecule is CCC(=O)O[C@H]1CN(C(=O)O)C(CCN2CCOCC2)[C@H]1Nc1nc(CC)c(-c2ccc(Cl)cc2Cl)nc1CC. The highest BCUT2D eigenvalue weighted by atomic mass is 35.5. The summed E-state index contributed by atoms with van der Waals surface area (Å²) in [7, 11) is 0. The van der Waals surface area contributed by atoms with Gasteiger partial charge in [0.1, 0.15) is 11.9 Å². The van der Waals surface area contributed by atoms with Gasteiger partial charge in [-0.2, -0.15) is 0 Å². The molecule has 218 valence electrons. The fraction of sp³-hybridized carbons (Fsp3) is 0.571. The first-order valence-electron chi connectivity index (χ1n) is 13.9. The summed E-state index contributed by atoms with van der Waals surface area (Å²) in [5, 5.41) is 14.6. The smallest absolute Gasteiger partial charge is 0.407 e. The van der Waals surface area contributed by atoms with Gasteiger partial charge in [0.15, 0.2) is 0 Å². The largest absolute Gasteiger partial charge is 0.465 e. The molecule has 2 saturated heterocycles. The first-order chi connectivity index (χ1) is 19.2. The monoisotopic (exact) mass is 593 g/mol. The van der Waals surface area contributed by atoms with Crippen LogP contribution in [0.1, 0.15) is 45.0 Å². The number of benzene rings is 1. The zero-order valence-corrected chi connectivity index (χ0v) is 24.7. The predicted octanol–water partition coefficient (Wildman–Crippen LogP) is 4.76. The van der Waals surface area contributed by atoms with Gasteiger partial charge in [-0.3, -0.25) is 14.6 Å². The fourth-order valence-corrected chi connectivity index (χ4v) is 5.80. The number of rotatable bonds is 10. The molecule has 0 saturated carbocycles. The summed E-state index contributed by atoms with van der Waals surface area (Å²) < 4.78 is 11.2. The third-order valence-corrected chi connectivity index (χ3v) is 8.00. The highest BCUT2D eigenvalue weighted by Gasteiger charge is 2.46. The number of esters is 1. The lowest BCUT2D eigenvalue weighted by Gasteiger charge is -2.32. The second-order valence-corrected chi connectivity index (χ2v) is 10.8. The van der Waals surface area contributed by atoms with Gasteiger partial charge in [-0.05, 0) is 37.5 Å². The number of likely N-dealkylation sites (tertiary alicyclic amines) is 1. The van der Waals surface area contributed by atoms with Crippen molar-refractivity contribution in [2.45, 2.75) is 64.6 Å². The molecule has 0 aliphatic carbocycles. The van der Waals surface area contributed by atoms with Crippen molar-refractivity contribution < 1.29 is 24.2 Å². The average Bonchev–Trinajstić information content (AvgIpc) is 3.29. The summed E-state index contributed by atoms with van der Waals surface area (Å²) in [6.07, 6.45) is 0.229. The van der Waals surface area contributed by atoms with E-state index in [1.54, 1.807) is 19.1 Å².